The zero-order chi connectivity index (χ0) is 13.3. The van der Waals surface area contributed by atoms with Gasteiger partial charge < -0.3 is 5.32 Å². The number of hydrogen-bond acceptors (Lipinski definition) is 2. The molecule has 6 heteroatoms. The highest BCUT2D eigenvalue weighted by Crippen LogP contribution is 2.35. The molecule has 0 saturated heterocycles. The Morgan fingerprint density at radius 1 is 1.22 bits per heavy atom. The van der Waals surface area contributed by atoms with Crippen LogP contribution in [0, 0.1) is 17.5 Å². The van der Waals surface area contributed by atoms with E-state index in [0.29, 0.717) is 12.1 Å². The van der Waals surface area contributed by atoms with Gasteiger partial charge in [-0.25, -0.2) is 13.2 Å². The van der Waals surface area contributed by atoms with Crippen LogP contribution in [0.15, 0.2) is 28.1 Å². The summed E-state index contributed by atoms with van der Waals surface area (Å²) in [6, 6.07) is 2.51. The van der Waals surface area contributed by atoms with Crippen molar-refractivity contribution < 1.29 is 13.2 Å². The molecule has 0 fully saturated rings. The fourth-order valence-electron chi connectivity index (χ4n) is 1.75. The summed E-state index contributed by atoms with van der Waals surface area (Å²) in [5.41, 5.74) is -0.179. The van der Waals surface area contributed by atoms with Gasteiger partial charge in [0.1, 0.15) is 17.5 Å². The number of benzene rings is 1. The molecule has 2 rings (SSSR count). The Kier molecular flexibility index (Phi) is 4.09. The molecule has 1 N–H and O–H groups in total. The molecule has 0 aliphatic heterocycles. The molecule has 0 saturated carbocycles. The van der Waals surface area contributed by atoms with E-state index in [1.54, 1.807) is 13.1 Å². The minimum atomic E-state index is -0.922. The Morgan fingerprint density at radius 3 is 2.28 bits per heavy atom. The van der Waals surface area contributed by atoms with Gasteiger partial charge in [-0.3, -0.25) is 0 Å². The molecule has 2 aromatic rings. The molecule has 0 radical (unpaired) electrons. The molecule has 0 aliphatic carbocycles. The zero-order valence-corrected chi connectivity index (χ0v) is 11.7. The molecule has 1 unspecified atom stereocenters. The van der Waals surface area contributed by atoms with Crippen LogP contribution < -0.4 is 5.32 Å². The predicted molar refractivity (Wildman–Crippen MR) is 69.2 cm³/mol. The Hall–Kier alpha value is -0.850. The standard InChI is InChI=1S/C12H9BrF3NS/c1-17-11(12-7(13)2-3-18-12)10-8(15)4-6(14)5-9(10)16/h2-5,11,17H,1H3. The summed E-state index contributed by atoms with van der Waals surface area (Å²) in [6.07, 6.45) is 0. The average molecular weight is 336 g/mol. The number of hydrogen-bond donors (Lipinski definition) is 1. The van der Waals surface area contributed by atoms with Gasteiger partial charge in [0.15, 0.2) is 0 Å². The van der Waals surface area contributed by atoms with E-state index in [1.807, 2.05) is 5.38 Å². The summed E-state index contributed by atoms with van der Waals surface area (Å²) in [4.78, 5) is 0.738. The van der Waals surface area contributed by atoms with Gasteiger partial charge in [0.05, 0.1) is 6.04 Å². The Labute approximate surface area is 115 Å². The lowest BCUT2D eigenvalue weighted by Crippen LogP contribution is -2.20. The van der Waals surface area contributed by atoms with Crippen LogP contribution in [0.5, 0.6) is 0 Å². The molecular weight excluding hydrogens is 327 g/mol. The van der Waals surface area contributed by atoms with Gasteiger partial charge in [-0.15, -0.1) is 11.3 Å². The minimum Gasteiger partial charge on any atom is -0.308 e. The number of rotatable bonds is 3. The molecule has 96 valence electrons. The molecule has 1 aromatic heterocycles. The van der Waals surface area contributed by atoms with Crippen molar-refractivity contribution in [2.24, 2.45) is 0 Å². The van der Waals surface area contributed by atoms with Crippen molar-refractivity contribution >= 4 is 27.3 Å². The summed E-state index contributed by atoms with van der Waals surface area (Å²) in [5, 5.41) is 4.65. The first-order valence-electron chi connectivity index (χ1n) is 5.09. The van der Waals surface area contributed by atoms with Gasteiger partial charge in [-0.05, 0) is 34.4 Å². The van der Waals surface area contributed by atoms with Gasteiger partial charge in [0.25, 0.3) is 0 Å². The lowest BCUT2D eigenvalue weighted by Gasteiger charge is -2.17. The third kappa shape index (κ3) is 2.46. The first-order valence-corrected chi connectivity index (χ1v) is 6.76. The summed E-state index contributed by atoms with van der Waals surface area (Å²) >= 11 is 4.68. The Morgan fingerprint density at radius 2 is 1.83 bits per heavy atom. The Balaban J connectivity index is 2.56. The molecule has 1 atom stereocenters. The van der Waals surface area contributed by atoms with Gasteiger partial charge in [0, 0.05) is 27.0 Å². The van der Waals surface area contributed by atoms with Crippen molar-refractivity contribution in [1.29, 1.82) is 0 Å². The maximum absolute atomic E-state index is 13.7. The van der Waals surface area contributed by atoms with Gasteiger partial charge in [-0.2, -0.15) is 0 Å². The second-order valence-corrected chi connectivity index (χ2v) is 5.44. The number of thiophene rings is 1. The monoisotopic (exact) mass is 335 g/mol. The van der Waals surface area contributed by atoms with Crippen molar-refractivity contribution in [3.8, 4) is 0 Å². The molecule has 1 nitrogen and oxygen atoms in total. The smallest absolute Gasteiger partial charge is 0.134 e. The van der Waals surface area contributed by atoms with Crippen LogP contribution in [0.2, 0.25) is 0 Å². The van der Waals surface area contributed by atoms with Crippen LogP contribution >= 0.6 is 27.3 Å². The van der Waals surface area contributed by atoms with E-state index in [9.17, 15) is 13.2 Å². The van der Waals surface area contributed by atoms with Crippen LogP contribution in [-0.2, 0) is 0 Å². The molecule has 0 spiro atoms. The SMILES string of the molecule is CNC(c1sccc1Br)c1c(F)cc(F)cc1F. The van der Waals surface area contributed by atoms with E-state index in [2.05, 4.69) is 21.2 Å². The topological polar surface area (TPSA) is 12.0 Å². The lowest BCUT2D eigenvalue weighted by atomic mass is 10.0. The van der Waals surface area contributed by atoms with Crippen molar-refractivity contribution in [2.45, 2.75) is 6.04 Å². The Bertz CT molecular complexity index is 547. The van der Waals surface area contributed by atoms with E-state index in [-0.39, 0.29) is 5.56 Å². The quantitative estimate of drug-likeness (QED) is 0.884. The number of nitrogens with one attached hydrogen (secondary N) is 1. The number of halogens is 4. The average Bonchev–Trinajstić information content (AvgIpc) is 2.69. The van der Waals surface area contributed by atoms with Crippen LogP contribution in [0.1, 0.15) is 16.5 Å². The van der Waals surface area contributed by atoms with E-state index in [4.69, 9.17) is 0 Å². The third-order valence-corrected chi connectivity index (χ3v) is 4.46. The molecule has 1 heterocycles. The highest BCUT2D eigenvalue weighted by atomic mass is 79.9. The molecule has 0 amide bonds. The van der Waals surface area contributed by atoms with Crippen LogP contribution in [0.25, 0.3) is 0 Å². The maximum Gasteiger partial charge on any atom is 0.134 e. The van der Waals surface area contributed by atoms with Crippen molar-refractivity contribution in [3.05, 3.63) is 55.9 Å². The summed E-state index contributed by atoms with van der Waals surface area (Å²) < 4.78 is 41.1. The van der Waals surface area contributed by atoms with Crippen LogP contribution in [0.3, 0.4) is 0 Å². The van der Waals surface area contributed by atoms with Crippen molar-refractivity contribution in [1.82, 2.24) is 5.32 Å². The molecule has 0 aliphatic rings. The zero-order valence-electron chi connectivity index (χ0n) is 9.31. The lowest BCUT2D eigenvalue weighted by molar-refractivity contribution is 0.501. The minimum absolute atomic E-state index is 0.179. The van der Waals surface area contributed by atoms with Crippen molar-refractivity contribution in [2.75, 3.05) is 7.05 Å². The van der Waals surface area contributed by atoms with E-state index in [1.165, 1.54) is 11.3 Å². The first-order chi connectivity index (χ1) is 8.54. The van der Waals surface area contributed by atoms with E-state index in [0.717, 1.165) is 9.35 Å². The second kappa shape index (κ2) is 5.42. The van der Waals surface area contributed by atoms with Gasteiger partial charge in [-0.1, -0.05) is 0 Å². The summed E-state index contributed by atoms with van der Waals surface area (Å²) in [5.74, 6) is -2.71. The first kappa shape index (κ1) is 13.6. The molecule has 18 heavy (non-hydrogen) atoms. The molecule has 1 aromatic carbocycles. The largest absolute Gasteiger partial charge is 0.308 e. The highest BCUT2D eigenvalue weighted by Gasteiger charge is 2.24. The molecule has 0 bridgehead atoms. The van der Waals surface area contributed by atoms with Crippen molar-refractivity contribution in [3.63, 3.8) is 0 Å². The third-order valence-electron chi connectivity index (χ3n) is 2.53. The van der Waals surface area contributed by atoms with E-state index < -0.39 is 23.5 Å². The van der Waals surface area contributed by atoms with E-state index >= 15 is 0 Å². The van der Waals surface area contributed by atoms with Crippen LogP contribution in [0.4, 0.5) is 13.2 Å². The van der Waals surface area contributed by atoms with Crippen LogP contribution in [-0.4, -0.2) is 7.05 Å². The predicted octanol–water partition coefficient (Wildman–Crippen LogP) is 4.24. The highest BCUT2D eigenvalue weighted by molar-refractivity contribution is 9.10. The fraction of sp³-hybridized carbons (Fsp3) is 0.167. The van der Waals surface area contributed by atoms with Gasteiger partial charge >= 0.3 is 0 Å². The summed E-state index contributed by atoms with van der Waals surface area (Å²) in [6.45, 7) is 0. The molecular formula is C12H9BrF3NS. The normalized spacial score (nSPS) is 12.7. The second-order valence-electron chi connectivity index (χ2n) is 3.64. The fourth-order valence-corrected chi connectivity index (χ4v) is 3.47. The summed E-state index contributed by atoms with van der Waals surface area (Å²) in [7, 11) is 1.60. The maximum atomic E-state index is 13.7. The van der Waals surface area contributed by atoms with Gasteiger partial charge in [0.2, 0.25) is 0 Å².